The number of aryl methyl sites for hydroxylation is 1. The molecule has 0 saturated carbocycles. The number of furan rings is 1. The van der Waals surface area contributed by atoms with E-state index < -0.39 is 0 Å². The zero-order valence-electron chi connectivity index (χ0n) is 10.2. The van der Waals surface area contributed by atoms with Gasteiger partial charge in [0.2, 0.25) is 5.91 Å². The molecule has 96 valence electrons. The van der Waals surface area contributed by atoms with Crippen molar-refractivity contribution in [2.75, 3.05) is 0 Å². The van der Waals surface area contributed by atoms with Gasteiger partial charge in [-0.1, -0.05) is 0 Å². The fraction of sp³-hybridized carbons (Fsp3) is 0.417. The van der Waals surface area contributed by atoms with Gasteiger partial charge in [-0.2, -0.15) is 5.10 Å². The van der Waals surface area contributed by atoms with Gasteiger partial charge >= 0.3 is 0 Å². The molecule has 0 aromatic carbocycles. The van der Waals surface area contributed by atoms with Crippen molar-refractivity contribution in [2.24, 2.45) is 0 Å². The minimum absolute atomic E-state index is 0.00422. The summed E-state index contributed by atoms with van der Waals surface area (Å²) >= 11 is 0. The average molecular weight is 248 g/mol. The molecule has 2 rings (SSSR count). The SMILES string of the molecule is C[C@@H](Cc1ccco1)NC(=O)CCn1cncn1. The number of nitrogens with one attached hydrogen (secondary N) is 1. The minimum atomic E-state index is 0.00422. The molecule has 2 heterocycles. The first kappa shape index (κ1) is 12.3. The van der Waals surface area contributed by atoms with Crippen molar-refractivity contribution in [3.63, 3.8) is 0 Å². The second kappa shape index (κ2) is 6.00. The lowest BCUT2D eigenvalue weighted by Gasteiger charge is -2.12. The number of carbonyl (C=O) groups excluding carboxylic acids is 1. The van der Waals surface area contributed by atoms with Gasteiger partial charge in [0.1, 0.15) is 18.4 Å². The molecule has 6 nitrogen and oxygen atoms in total. The molecule has 0 aliphatic carbocycles. The molecule has 0 bridgehead atoms. The van der Waals surface area contributed by atoms with Crippen molar-refractivity contribution < 1.29 is 9.21 Å². The summed E-state index contributed by atoms with van der Waals surface area (Å²) in [6, 6.07) is 3.80. The molecule has 1 amide bonds. The Morgan fingerprint density at radius 1 is 1.61 bits per heavy atom. The molecule has 0 radical (unpaired) electrons. The summed E-state index contributed by atoms with van der Waals surface area (Å²) in [5.41, 5.74) is 0. The van der Waals surface area contributed by atoms with Crippen LogP contribution in [0, 0.1) is 0 Å². The first-order valence-corrected chi connectivity index (χ1v) is 5.88. The van der Waals surface area contributed by atoms with E-state index in [2.05, 4.69) is 15.4 Å². The maximum Gasteiger partial charge on any atom is 0.222 e. The second-order valence-electron chi connectivity index (χ2n) is 4.16. The third kappa shape index (κ3) is 3.73. The summed E-state index contributed by atoms with van der Waals surface area (Å²) in [4.78, 5) is 15.5. The first-order valence-electron chi connectivity index (χ1n) is 5.88. The number of carbonyl (C=O) groups is 1. The van der Waals surface area contributed by atoms with Crippen LogP contribution >= 0.6 is 0 Å². The van der Waals surface area contributed by atoms with E-state index in [1.54, 1.807) is 17.3 Å². The fourth-order valence-electron chi connectivity index (χ4n) is 1.69. The van der Waals surface area contributed by atoms with Crippen LogP contribution in [0.4, 0.5) is 0 Å². The molecular formula is C12H16N4O2. The number of rotatable bonds is 6. The molecule has 0 unspecified atom stereocenters. The Morgan fingerprint density at radius 2 is 2.50 bits per heavy atom. The lowest BCUT2D eigenvalue weighted by molar-refractivity contribution is -0.121. The summed E-state index contributed by atoms with van der Waals surface area (Å²) in [6.45, 7) is 2.50. The van der Waals surface area contributed by atoms with Crippen LogP contribution in [0.3, 0.4) is 0 Å². The maximum atomic E-state index is 11.7. The Kier molecular flexibility index (Phi) is 4.11. The molecule has 18 heavy (non-hydrogen) atoms. The van der Waals surface area contributed by atoms with E-state index in [9.17, 15) is 4.79 Å². The van der Waals surface area contributed by atoms with E-state index in [0.29, 0.717) is 19.4 Å². The molecule has 0 spiro atoms. The Hall–Kier alpha value is -2.11. The lowest BCUT2D eigenvalue weighted by Crippen LogP contribution is -2.34. The molecule has 6 heteroatoms. The second-order valence-corrected chi connectivity index (χ2v) is 4.16. The smallest absolute Gasteiger partial charge is 0.222 e. The van der Waals surface area contributed by atoms with Gasteiger partial charge in [0.15, 0.2) is 0 Å². The summed E-state index contributed by atoms with van der Waals surface area (Å²) in [6.07, 6.45) is 5.78. The van der Waals surface area contributed by atoms with Gasteiger partial charge in [0.25, 0.3) is 0 Å². The molecule has 2 aromatic heterocycles. The van der Waals surface area contributed by atoms with Crippen molar-refractivity contribution in [1.29, 1.82) is 0 Å². The van der Waals surface area contributed by atoms with Crippen LogP contribution in [-0.4, -0.2) is 26.7 Å². The summed E-state index contributed by atoms with van der Waals surface area (Å²) in [5, 5.41) is 6.86. The predicted molar refractivity (Wildman–Crippen MR) is 64.7 cm³/mol. The van der Waals surface area contributed by atoms with Crippen LogP contribution in [0.2, 0.25) is 0 Å². The number of nitrogens with zero attached hydrogens (tertiary/aromatic N) is 3. The highest BCUT2D eigenvalue weighted by Gasteiger charge is 2.09. The maximum absolute atomic E-state index is 11.7. The minimum Gasteiger partial charge on any atom is -0.469 e. The zero-order chi connectivity index (χ0) is 12.8. The van der Waals surface area contributed by atoms with Crippen LogP contribution in [-0.2, 0) is 17.8 Å². The Balaban J connectivity index is 1.70. The van der Waals surface area contributed by atoms with Crippen LogP contribution in [0.5, 0.6) is 0 Å². The number of hydrogen-bond donors (Lipinski definition) is 1. The highest BCUT2D eigenvalue weighted by molar-refractivity contribution is 5.76. The Bertz CT molecular complexity index is 464. The number of amides is 1. The lowest BCUT2D eigenvalue weighted by atomic mass is 10.2. The van der Waals surface area contributed by atoms with E-state index in [-0.39, 0.29) is 11.9 Å². The van der Waals surface area contributed by atoms with Crippen molar-refractivity contribution in [1.82, 2.24) is 20.1 Å². The third-order valence-electron chi connectivity index (χ3n) is 2.53. The number of aromatic nitrogens is 3. The summed E-state index contributed by atoms with van der Waals surface area (Å²) in [7, 11) is 0. The molecule has 2 aromatic rings. The molecule has 0 aliphatic rings. The van der Waals surface area contributed by atoms with Gasteiger partial charge in [0.05, 0.1) is 12.8 Å². The van der Waals surface area contributed by atoms with Crippen LogP contribution in [0.1, 0.15) is 19.1 Å². The van der Waals surface area contributed by atoms with Crippen molar-refractivity contribution in [2.45, 2.75) is 32.4 Å². The van der Waals surface area contributed by atoms with Gasteiger partial charge in [0, 0.05) is 18.9 Å². The molecule has 1 N–H and O–H groups in total. The molecule has 0 aliphatic heterocycles. The molecular weight excluding hydrogens is 232 g/mol. The molecule has 1 atom stereocenters. The molecule has 0 fully saturated rings. The Labute approximate surface area is 105 Å². The summed E-state index contributed by atoms with van der Waals surface area (Å²) in [5.74, 6) is 0.878. The fourth-order valence-corrected chi connectivity index (χ4v) is 1.69. The van der Waals surface area contributed by atoms with Crippen LogP contribution in [0.15, 0.2) is 35.5 Å². The highest BCUT2D eigenvalue weighted by Crippen LogP contribution is 2.04. The molecule has 0 saturated heterocycles. The third-order valence-corrected chi connectivity index (χ3v) is 2.53. The van der Waals surface area contributed by atoms with Gasteiger partial charge in [-0.05, 0) is 19.1 Å². The topological polar surface area (TPSA) is 73.0 Å². The van der Waals surface area contributed by atoms with Crippen molar-refractivity contribution in [3.8, 4) is 0 Å². The number of hydrogen-bond acceptors (Lipinski definition) is 4. The van der Waals surface area contributed by atoms with Gasteiger partial charge in [-0.3, -0.25) is 9.48 Å². The van der Waals surface area contributed by atoms with E-state index >= 15 is 0 Å². The summed E-state index contributed by atoms with van der Waals surface area (Å²) < 4.78 is 6.87. The van der Waals surface area contributed by atoms with E-state index in [1.807, 2.05) is 19.1 Å². The van der Waals surface area contributed by atoms with Crippen molar-refractivity contribution >= 4 is 5.91 Å². The predicted octanol–water partition coefficient (Wildman–Crippen LogP) is 1.01. The van der Waals surface area contributed by atoms with E-state index in [0.717, 1.165) is 5.76 Å². The average Bonchev–Trinajstić information content (AvgIpc) is 2.98. The van der Waals surface area contributed by atoms with Crippen LogP contribution < -0.4 is 5.32 Å². The first-order chi connectivity index (χ1) is 8.74. The van der Waals surface area contributed by atoms with Gasteiger partial charge in [-0.25, -0.2) is 4.98 Å². The zero-order valence-corrected chi connectivity index (χ0v) is 10.2. The monoisotopic (exact) mass is 248 g/mol. The Morgan fingerprint density at radius 3 is 3.17 bits per heavy atom. The van der Waals surface area contributed by atoms with E-state index in [1.165, 1.54) is 6.33 Å². The standard InChI is InChI=1S/C12H16N4O2/c1-10(7-11-3-2-6-18-11)15-12(17)4-5-16-9-13-8-14-16/h2-3,6,8-10H,4-5,7H2,1H3,(H,15,17)/t10-/m0/s1. The van der Waals surface area contributed by atoms with Gasteiger partial charge < -0.3 is 9.73 Å². The van der Waals surface area contributed by atoms with Gasteiger partial charge in [-0.15, -0.1) is 0 Å². The van der Waals surface area contributed by atoms with Crippen LogP contribution in [0.25, 0.3) is 0 Å². The largest absolute Gasteiger partial charge is 0.469 e. The normalized spacial score (nSPS) is 12.3. The quantitative estimate of drug-likeness (QED) is 0.828. The highest BCUT2D eigenvalue weighted by atomic mass is 16.3. The van der Waals surface area contributed by atoms with E-state index in [4.69, 9.17) is 4.42 Å². The van der Waals surface area contributed by atoms with Crippen molar-refractivity contribution in [3.05, 3.63) is 36.8 Å².